The second-order valence-corrected chi connectivity index (χ2v) is 8.59. The molecule has 8 heteroatoms. The molecule has 2 heterocycles. The fourth-order valence-electron chi connectivity index (χ4n) is 2.88. The predicted octanol–water partition coefficient (Wildman–Crippen LogP) is 4.42. The summed E-state index contributed by atoms with van der Waals surface area (Å²) in [5, 5.41) is 8.93. The average molecular weight is 423 g/mol. The average Bonchev–Trinajstić information content (AvgIpc) is 3.27. The highest BCUT2D eigenvalue weighted by molar-refractivity contribution is 7.18. The maximum Gasteiger partial charge on any atom is 0.230 e. The Balaban J connectivity index is 1.33. The van der Waals surface area contributed by atoms with Crippen LogP contribution in [0.2, 0.25) is 0 Å². The minimum absolute atomic E-state index is 0.131. The van der Waals surface area contributed by atoms with Gasteiger partial charge in [0, 0.05) is 11.1 Å². The molecule has 0 aliphatic rings. The molecule has 0 unspecified atom stereocenters. The zero-order valence-electron chi connectivity index (χ0n) is 15.6. The molecule has 146 valence electrons. The number of benzene rings is 2. The topological polar surface area (TPSA) is 84.0 Å². The first-order valence-electron chi connectivity index (χ1n) is 9.00. The minimum Gasteiger partial charge on any atom is -0.326 e. The first-order chi connectivity index (χ1) is 14.0. The van der Waals surface area contributed by atoms with Gasteiger partial charge in [-0.1, -0.05) is 30.3 Å². The largest absolute Gasteiger partial charge is 0.326 e. The summed E-state index contributed by atoms with van der Waals surface area (Å²) in [4.78, 5) is 33.3. The highest BCUT2D eigenvalue weighted by atomic mass is 32.1. The van der Waals surface area contributed by atoms with Gasteiger partial charge < -0.3 is 10.6 Å². The van der Waals surface area contributed by atoms with Gasteiger partial charge >= 0.3 is 0 Å². The van der Waals surface area contributed by atoms with Gasteiger partial charge in [-0.15, -0.1) is 22.7 Å². The lowest BCUT2D eigenvalue weighted by Gasteiger charge is -2.04. The summed E-state index contributed by atoms with van der Waals surface area (Å²) in [6.07, 6.45) is 0.425. The number of nitrogens with zero attached hydrogens (tertiary/aromatic N) is 2. The number of rotatable bonds is 6. The second kappa shape index (κ2) is 8.50. The van der Waals surface area contributed by atoms with E-state index in [0.717, 1.165) is 20.8 Å². The van der Waals surface area contributed by atoms with E-state index in [0.29, 0.717) is 16.5 Å². The minimum atomic E-state index is -0.163. The number of aromatic nitrogens is 2. The third kappa shape index (κ3) is 5.04. The van der Waals surface area contributed by atoms with Crippen LogP contribution in [0.4, 0.5) is 10.8 Å². The zero-order valence-corrected chi connectivity index (χ0v) is 17.3. The first-order valence-corrected chi connectivity index (χ1v) is 10.7. The van der Waals surface area contributed by atoms with E-state index in [-0.39, 0.29) is 24.7 Å². The Bertz CT molecular complexity index is 1170. The summed E-state index contributed by atoms with van der Waals surface area (Å²) >= 11 is 2.93. The Kier molecular flexibility index (Phi) is 5.64. The van der Waals surface area contributed by atoms with Gasteiger partial charge in [0.15, 0.2) is 5.13 Å². The molecule has 0 spiro atoms. The van der Waals surface area contributed by atoms with Gasteiger partial charge in [0.25, 0.3) is 0 Å². The van der Waals surface area contributed by atoms with E-state index >= 15 is 0 Å². The summed E-state index contributed by atoms with van der Waals surface area (Å²) in [7, 11) is 0. The van der Waals surface area contributed by atoms with Crippen LogP contribution in [0.15, 0.2) is 53.9 Å². The number of thiazole rings is 2. The fourth-order valence-corrected chi connectivity index (χ4v) is 4.41. The van der Waals surface area contributed by atoms with Gasteiger partial charge in [-0.3, -0.25) is 9.59 Å². The Morgan fingerprint density at radius 1 is 0.966 bits per heavy atom. The molecule has 2 amide bonds. The standard InChI is InChI=1S/C21H18N4O2S2/c1-13-22-17-10-15(7-8-18(17)29-13)23-20(27)11-16-12-28-21(24-16)25-19(26)9-14-5-3-2-4-6-14/h2-8,10,12H,9,11H2,1H3,(H,23,27)(H,24,25,26). The third-order valence-corrected chi connectivity index (χ3v) is 5.88. The van der Waals surface area contributed by atoms with Crippen molar-refractivity contribution in [3.63, 3.8) is 0 Å². The molecule has 0 saturated carbocycles. The molecule has 0 aliphatic heterocycles. The van der Waals surface area contributed by atoms with Gasteiger partial charge in [-0.2, -0.15) is 0 Å². The number of amides is 2. The number of carbonyl (C=O) groups is 2. The molecule has 0 aliphatic carbocycles. The molecule has 2 aromatic heterocycles. The fraction of sp³-hybridized carbons (Fsp3) is 0.143. The highest BCUT2D eigenvalue weighted by Crippen LogP contribution is 2.24. The number of fused-ring (bicyclic) bond motifs is 1. The van der Waals surface area contributed by atoms with Crippen LogP contribution in [0, 0.1) is 6.92 Å². The SMILES string of the molecule is Cc1nc2cc(NC(=O)Cc3csc(NC(=O)Cc4ccccc4)n3)ccc2s1. The molecule has 4 aromatic rings. The van der Waals surface area contributed by atoms with Crippen molar-refractivity contribution in [2.45, 2.75) is 19.8 Å². The van der Waals surface area contributed by atoms with Crippen molar-refractivity contribution < 1.29 is 9.59 Å². The van der Waals surface area contributed by atoms with E-state index in [1.54, 1.807) is 16.7 Å². The third-order valence-electron chi connectivity index (χ3n) is 4.13. The molecule has 0 saturated heterocycles. The predicted molar refractivity (Wildman–Crippen MR) is 118 cm³/mol. The van der Waals surface area contributed by atoms with Crippen LogP contribution < -0.4 is 10.6 Å². The molecular formula is C21H18N4O2S2. The molecule has 2 N–H and O–H groups in total. The van der Waals surface area contributed by atoms with Gasteiger partial charge in [-0.25, -0.2) is 9.97 Å². The number of aryl methyl sites for hydroxylation is 1. The number of nitrogens with one attached hydrogen (secondary N) is 2. The van der Waals surface area contributed by atoms with Crippen molar-refractivity contribution in [2.75, 3.05) is 10.6 Å². The first kappa shape index (κ1) is 19.2. The van der Waals surface area contributed by atoms with Crippen LogP contribution in [-0.2, 0) is 22.4 Å². The van der Waals surface area contributed by atoms with Gasteiger partial charge in [0.05, 0.1) is 33.8 Å². The summed E-state index contributed by atoms with van der Waals surface area (Å²) in [5.41, 5.74) is 3.14. The van der Waals surface area contributed by atoms with Crippen LogP contribution >= 0.6 is 22.7 Å². The van der Waals surface area contributed by atoms with E-state index in [4.69, 9.17) is 0 Å². The van der Waals surface area contributed by atoms with Crippen molar-refractivity contribution >= 4 is 55.5 Å². The zero-order chi connectivity index (χ0) is 20.2. The van der Waals surface area contributed by atoms with Crippen molar-refractivity contribution in [3.05, 3.63) is 70.2 Å². The van der Waals surface area contributed by atoms with E-state index in [1.165, 1.54) is 11.3 Å². The monoisotopic (exact) mass is 422 g/mol. The number of anilines is 2. The molecule has 0 atom stereocenters. The van der Waals surface area contributed by atoms with Crippen LogP contribution in [-0.4, -0.2) is 21.8 Å². The van der Waals surface area contributed by atoms with Crippen molar-refractivity contribution in [1.82, 2.24) is 9.97 Å². The number of carbonyl (C=O) groups excluding carboxylic acids is 2. The molecule has 6 nitrogen and oxygen atoms in total. The second-order valence-electron chi connectivity index (χ2n) is 6.49. The Morgan fingerprint density at radius 2 is 1.76 bits per heavy atom. The normalized spacial score (nSPS) is 10.8. The van der Waals surface area contributed by atoms with Gasteiger partial charge in [0.2, 0.25) is 11.8 Å². The van der Waals surface area contributed by atoms with Crippen LogP contribution in [0.25, 0.3) is 10.2 Å². The lowest BCUT2D eigenvalue weighted by atomic mass is 10.1. The smallest absolute Gasteiger partial charge is 0.230 e. The lowest BCUT2D eigenvalue weighted by Crippen LogP contribution is -2.16. The number of hydrogen-bond acceptors (Lipinski definition) is 6. The van der Waals surface area contributed by atoms with Gasteiger partial charge in [0.1, 0.15) is 0 Å². The Hall–Kier alpha value is -3.10. The molecule has 0 radical (unpaired) electrons. The highest BCUT2D eigenvalue weighted by Gasteiger charge is 2.11. The maximum absolute atomic E-state index is 12.3. The van der Waals surface area contributed by atoms with Gasteiger partial charge in [-0.05, 0) is 30.7 Å². The molecule has 0 fully saturated rings. The maximum atomic E-state index is 12.3. The van der Waals surface area contributed by atoms with Crippen molar-refractivity contribution in [2.24, 2.45) is 0 Å². The summed E-state index contributed by atoms with van der Waals surface area (Å²) in [5.74, 6) is -0.294. The van der Waals surface area contributed by atoms with Crippen molar-refractivity contribution in [3.8, 4) is 0 Å². The van der Waals surface area contributed by atoms with Crippen LogP contribution in [0.5, 0.6) is 0 Å². The molecular weight excluding hydrogens is 404 g/mol. The molecule has 0 bridgehead atoms. The number of hydrogen-bond donors (Lipinski definition) is 2. The summed E-state index contributed by atoms with van der Waals surface area (Å²) in [6, 6.07) is 15.2. The summed E-state index contributed by atoms with van der Waals surface area (Å²) in [6.45, 7) is 1.96. The quantitative estimate of drug-likeness (QED) is 0.482. The Labute approximate surface area is 175 Å². The van der Waals surface area contributed by atoms with Crippen LogP contribution in [0.1, 0.15) is 16.3 Å². The molecule has 29 heavy (non-hydrogen) atoms. The molecule has 2 aromatic carbocycles. The lowest BCUT2D eigenvalue weighted by molar-refractivity contribution is -0.116. The summed E-state index contributed by atoms with van der Waals surface area (Å²) < 4.78 is 1.09. The van der Waals surface area contributed by atoms with E-state index in [1.807, 2.05) is 55.5 Å². The van der Waals surface area contributed by atoms with E-state index in [2.05, 4.69) is 20.6 Å². The van der Waals surface area contributed by atoms with Crippen LogP contribution in [0.3, 0.4) is 0 Å². The van der Waals surface area contributed by atoms with E-state index in [9.17, 15) is 9.59 Å². The Morgan fingerprint density at radius 3 is 2.59 bits per heavy atom. The van der Waals surface area contributed by atoms with E-state index < -0.39 is 0 Å². The van der Waals surface area contributed by atoms with Crippen molar-refractivity contribution in [1.29, 1.82) is 0 Å². The molecule has 4 rings (SSSR count).